The van der Waals surface area contributed by atoms with E-state index in [0.717, 1.165) is 24.2 Å². The van der Waals surface area contributed by atoms with Crippen molar-refractivity contribution in [2.45, 2.75) is 18.9 Å². The van der Waals surface area contributed by atoms with Crippen molar-refractivity contribution in [3.63, 3.8) is 0 Å². The van der Waals surface area contributed by atoms with Gasteiger partial charge in [0.05, 0.1) is 22.4 Å². The van der Waals surface area contributed by atoms with Crippen molar-refractivity contribution in [2.75, 3.05) is 5.32 Å². The van der Waals surface area contributed by atoms with E-state index in [1.807, 2.05) is 6.07 Å². The van der Waals surface area contributed by atoms with Crippen LogP contribution in [0, 0.1) is 5.82 Å². The molecule has 18 heavy (non-hydrogen) atoms. The van der Waals surface area contributed by atoms with E-state index in [1.165, 1.54) is 17.7 Å². The maximum Gasteiger partial charge on any atom is 0.124 e. The predicted octanol–water partition coefficient (Wildman–Crippen LogP) is 3.97. The van der Waals surface area contributed by atoms with Crippen LogP contribution in [0.5, 0.6) is 0 Å². The van der Waals surface area contributed by atoms with E-state index in [2.05, 4.69) is 16.4 Å². The van der Waals surface area contributed by atoms with Crippen molar-refractivity contribution in [1.82, 2.24) is 4.98 Å². The molecule has 2 nitrogen and oxygen atoms in total. The number of anilines is 1. The van der Waals surface area contributed by atoms with Crippen LogP contribution in [0.4, 0.5) is 10.1 Å². The van der Waals surface area contributed by atoms with Crippen LogP contribution in [0.1, 0.15) is 23.7 Å². The molecule has 0 bridgehead atoms. The summed E-state index contributed by atoms with van der Waals surface area (Å²) in [6.45, 7) is 0. The van der Waals surface area contributed by atoms with Crippen LogP contribution < -0.4 is 5.32 Å². The Morgan fingerprint density at radius 1 is 1.33 bits per heavy atom. The summed E-state index contributed by atoms with van der Waals surface area (Å²) in [5.41, 5.74) is 3.09. The molecular formula is C14H12ClFN2. The number of aromatic nitrogens is 1. The van der Waals surface area contributed by atoms with Gasteiger partial charge in [0, 0.05) is 6.20 Å². The first kappa shape index (κ1) is 11.5. The number of nitrogens with one attached hydrogen (secondary N) is 1. The molecule has 1 unspecified atom stereocenters. The van der Waals surface area contributed by atoms with Crippen molar-refractivity contribution in [3.8, 4) is 0 Å². The lowest BCUT2D eigenvalue weighted by Crippen LogP contribution is -2.08. The summed E-state index contributed by atoms with van der Waals surface area (Å²) in [4.78, 5) is 4.40. The zero-order chi connectivity index (χ0) is 12.5. The Kier molecular flexibility index (Phi) is 2.92. The summed E-state index contributed by atoms with van der Waals surface area (Å²) in [5, 5.41) is 3.73. The highest BCUT2D eigenvalue weighted by atomic mass is 35.5. The molecule has 2 aromatic rings. The number of rotatable bonds is 2. The highest BCUT2D eigenvalue weighted by molar-refractivity contribution is 6.33. The van der Waals surface area contributed by atoms with Crippen LogP contribution in [0.25, 0.3) is 0 Å². The molecule has 0 saturated heterocycles. The maximum atomic E-state index is 13.0. The van der Waals surface area contributed by atoms with Crippen LogP contribution >= 0.6 is 11.6 Å². The van der Waals surface area contributed by atoms with Crippen molar-refractivity contribution in [2.24, 2.45) is 0 Å². The van der Waals surface area contributed by atoms with E-state index < -0.39 is 0 Å². The third kappa shape index (κ3) is 2.06. The van der Waals surface area contributed by atoms with Gasteiger partial charge in [0.2, 0.25) is 0 Å². The lowest BCUT2D eigenvalue weighted by atomic mass is 10.2. The first-order valence-corrected chi connectivity index (χ1v) is 6.27. The molecule has 0 saturated carbocycles. The lowest BCUT2D eigenvalue weighted by molar-refractivity contribution is 0.628. The Balaban J connectivity index is 1.86. The molecule has 1 aromatic heterocycles. The van der Waals surface area contributed by atoms with Gasteiger partial charge in [-0.05, 0) is 42.7 Å². The van der Waals surface area contributed by atoms with E-state index in [-0.39, 0.29) is 11.9 Å². The minimum absolute atomic E-state index is 0.157. The Labute approximate surface area is 110 Å². The van der Waals surface area contributed by atoms with Crippen LogP contribution in [0.15, 0.2) is 36.5 Å². The summed E-state index contributed by atoms with van der Waals surface area (Å²) >= 11 is 6.01. The minimum atomic E-state index is -0.324. The third-order valence-corrected chi connectivity index (χ3v) is 3.53. The maximum absolute atomic E-state index is 13.0. The van der Waals surface area contributed by atoms with Gasteiger partial charge in [-0.15, -0.1) is 0 Å². The molecule has 0 fully saturated rings. The normalized spacial score (nSPS) is 17.6. The first-order valence-electron chi connectivity index (χ1n) is 5.89. The molecule has 1 heterocycles. The van der Waals surface area contributed by atoms with Gasteiger partial charge in [-0.25, -0.2) is 4.39 Å². The number of aryl methyl sites for hydroxylation is 1. The Morgan fingerprint density at radius 3 is 3.06 bits per heavy atom. The van der Waals surface area contributed by atoms with Crippen LogP contribution in [-0.4, -0.2) is 4.98 Å². The smallest absolute Gasteiger partial charge is 0.124 e. The Morgan fingerprint density at radius 2 is 2.22 bits per heavy atom. The predicted molar refractivity (Wildman–Crippen MR) is 70.3 cm³/mol. The summed E-state index contributed by atoms with van der Waals surface area (Å²) in [5.74, 6) is -0.324. The van der Waals surface area contributed by atoms with Crippen LogP contribution in [0.2, 0.25) is 5.02 Å². The lowest BCUT2D eigenvalue weighted by Gasteiger charge is -2.15. The quantitative estimate of drug-likeness (QED) is 0.886. The molecule has 0 radical (unpaired) electrons. The summed E-state index contributed by atoms with van der Waals surface area (Å²) < 4.78 is 13.0. The van der Waals surface area contributed by atoms with Gasteiger partial charge in [0.15, 0.2) is 0 Å². The highest BCUT2D eigenvalue weighted by Crippen LogP contribution is 2.34. The van der Waals surface area contributed by atoms with Gasteiger partial charge in [0.25, 0.3) is 0 Å². The second-order valence-electron chi connectivity index (χ2n) is 4.41. The number of fused-ring (bicyclic) bond motifs is 1. The van der Waals surface area contributed by atoms with Crippen LogP contribution in [-0.2, 0) is 6.42 Å². The molecular weight excluding hydrogens is 251 g/mol. The standard InChI is InChI=1S/C14H12ClFN2/c15-11-8-10(16)4-6-12(11)18-13-5-3-9-2-1-7-17-14(9)13/h1-2,4,6-8,13,18H,3,5H2. The monoisotopic (exact) mass is 262 g/mol. The fraction of sp³-hybridized carbons (Fsp3) is 0.214. The van der Waals surface area contributed by atoms with E-state index in [9.17, 15) is 4.39 Å². The highest BCUT2D eigenvalue weighted by Gasteiger charge is 2.23. The second-order valence-corrected chi connectivity index (χ2v) is 4.81. The van der Waals surface area contributed by atoms with Gasteiger partial charge in [-0.3, -0.25) is 4.98 Å². The van der Waals surface area contributed by atoms with Crippen molar-refractivity contribution >= 4 is 17.3 Å². The van der Waals surface area contributed by atoms with Crippen molar-refractivity contribution in [3.05, 3.63) is 58.6 Å². The molecule has 1 aliphatic rings. The van der Waals surface area contributed by atoms with Gasteiger partial charge >= 0.3 is 0 Å². The Hall–Kier alpha value is -1.61. The number of benzene rings is 1. The molecule has 1 N–H and O–H groups in total. The molecule has 1 atom stereocenters. The van der Waals surface area contributed by atoms with Gasteiger partial charge in [0.1, 0.15) is 5.82 Å². The zero-order valence-electron chi connectivity index (χ0n) is 9.66. The molecule has 0 amide bonds. The van der Waals surface area contributed by atoms with Crippen molar-refractivity contribution in [1.29, 1.82) is 0 Å². The summed E-state index contributed by atoms with van der Waals surface area (Å²) in [6, 6.07) is 8.59. The molecule has 1 aliphatic carbocycles. The summed E-state index contributed by atoms with van der Waals surface area (Å²) in [6.07, 6.45) is 3.80. The molecule has 1 aromatic carbocycles. The largest absolute Gasteiger partial charge is 0.375 e. The average Bonchev–Trinajstić information content (AvgIpc) is 2.76. The molecule has 4 heteroatoms. The van der Waals surface area contributed by atoms with E-state index in [1.54, 1.807) is 12.3 Å². The summed E-state index contributed by atoms with van der Waals surface area (Å²) in [7, 11) is 0. The number of nitrogens with zero attached hydrogens (tertiary/aromatic N) is 1. The average molecular weight is 263 g/mol. The number of halogens is 2. The van der Waals surface area contributed by atoms with E-state index in [0.29, 0.717) is 5.02 Å². The van der Waals surface area contributed by atoms with E-state index >= 15 is 0 Å². The number of hydrogen-bond donors (Lipinski definition) is 1. The molecule has 0 spiro atoms. The first-order chi connectivity index (χ1) is 8.74. The van der Waals surface area contributed by atoms with Gasteiger partial charge < -0.3 is 5.32 Å². The zero-order valence-corrected chi connectivity index (χ0v) is 10.4. The SMILES string of the molecule is Fc1ccc(NC2CCc3cccnc32)c(Cl)c1. The minimum Gasteiger partial charge on any atom is -0.375 e. The van der Waals surface area contributed by atoms with Gasteiger partial charge in [-0.1, -0.05) is 17.7 Å². The number of hydrogen-bond acceptors (Lipinski definition) is 2. The van der Waals surface area contributed by atoms with Crippen molar-refractivity contribution < 1.29 is 4.39 Å². The fourth-order valence-electron chi connectivity index (χ4n) is 2.35. The molecule has 3 rings (SSSR count). The number of pyridine rings is 1. The topological polar surface area (TPSA) is 24.9 Å². The fourth-order valence-corrected chi connectivity index (χ4v) is 2.57. The second kappa shape index (κ2) is 4.58. The molecule has 92 valence electrons. The Bertz CT molecular complexity index is 586. The third-order valence-electron chi connectivity index (χ3n) is 3.22. The van der Waals surface area contributed by atoms with Gasteiger partial charge in [-0.2, -0.15) is 0 Å². The van der Waals surface area contributed by atoms with E-state index in [4.69, 9.17) is 11.6 Å². The molecule has 0 aliphatic heterocycles. The van der Waals surface area contributed by atoms with Crippen LogP contribution in [0.3, 0.4) is 0 Å².